The minimum absolute atomic E-state index is 0.0535. The molecule has 0 radical (unpaired) electrons. The van der Waals surface area contributed by atoms with Crippen LogP contribution in [0.5, 0.6) is 0 Å². The van der Waals surface area contributed by atoms with Crippen LogP contribution in [0.4, 0.5) is 5.69 Å². The number of nitrogens with zero attached hydrogens (tertiary/aromatic N) is 3. The Balaban J connectivity index is 1.82. The molecule has 0 aliphatic rings. The molecule has 0 spiro atoms. The first-order valence-corrected chi connectivity index (χ1v) is 8.61. The van der Waals surface area contributed by atoms with Crippen molar-refractivity contribution in [2.45, 2.75) is 20.4 Å². The highest BCUT2D eigenvalue weighted by atomic mass is 35.5. The number of carbonyl (C=O) groups excluding carboxylic acids is 1. The monoisotopic (exact) mass is 353 g/mol. The topological polar surface area (TPSA) is 38.1 Å². The predicted octanol–water partition coefficient (Wildman–Crippen LogP) is 4.56. The van der Waals surface area contributed by atoms with Crippen LogP contribution in [0.15, 0.2) is 60.9 Å². The smallest absolute Gasteiger partial charge is 0.261 e. The number of rotatable bonds is 5. The summed E-state index contributed by atoms with van der Waals surface area (Å²) in [5.41, 5.74) is 3.53. The van der Waals surface area contributed by atoms with E-state index < -0.39 is 0 Å². The van der Waals surface area contributed by atoms with Crippen LogP contribution >= 0.6 is 11.6 Å². The Kier molecular flexibility index (Phi) is 5.19. The molecule has 0 N–H and O–H groups in total. The lowest BCUT2D eigenvalue weighted by Crippen LogP contribution is -2.31. The average molecular weight is 354 g/mol. The van der Waals surface area contributed by atoms with Crippen LogP contribution in [0.25, 0.3) is 0 Å². The zero-order valence-electron chi connectivity index (χ0n) is 14.3. The summed E-state index contributed by atoms with van der Waals surface area (Å²) in [6.45, 7) is 5.10. The SMILES string of the molecule is CCN(C(=O)c1cnn(Cc2ccccc2Cl)c1)c1ccccc1C. The fourth-order valence-electron chi connectivity index (χ4n) is 2.81. The van der Waals surface area contributed by atoms with E-state index in [0.29, 0.717) is 23.7 Å². The molecular weight excluding hydrogens is 334 g/mol. The first-order chi connectivity index (χ1) is 12.1. The van der Waals surface area contributed by atoms with Crippen LogP contribution in [0.3, 0.4) is 0 Å². The molecule has 0 atom stereocenters. The van der Waals surface area contributed by atoms with Gasteiger partial charge in [-0.2, -0.15) is 5.10 Å². The average Bonchev–Trinajstić information content (AvgIpc) is 3.08. The Bertz CT molecular complexity index is 888. The quantitative estimate of drug-likeness (QED) is 0.674. The maximum absolute atomic E-state index is 12.9. The zero-order chi connectivity index (χ0) is 17.8. The van der Waals surface area contributed by atoms with Crippen molar-refractivity contribution in [3.8, 4) is 0 Å². The van der Waals surface area contributed by atoms with Gasteiger partial charge in [-0.25, -0.2) is 0 Å². The molecule has 0 aliphatic carbocycles. The van der Waals surface area contributed by atoms with Crippen molar-refractivity contribution < 1.29 is 4.79 Å². The molecule has 2 aromatic carbocycles. The molecule has 128 valence electrons. The first kappa shape index (κ1) is 17.2. The number of para-hydroxylation sites is 1. The number of benzene rings is 2. The van der Waals surface area contributed by atoms with Gasteiger partial charge in [-0.05, 0) is 37.1 Å². The molecule has 1 amide bonds. The van der Waals surface area contributed by atoms with Gasteiger partial charge in [0, 0.05) is 23.5 Å². The van der Waals surface area contributed by atoms with E-state index in [1.807, 2.05) is 62.4 Å². The highest BCUT2D eigenvalue weighted by molar-refractivity contribution is 6.31. The largest absolute Gasteiger partial charge is 0.308 e. The lowest BCUT2D eigenvalue weighted by molar-refractivity contribution is 0.0988. The van der Waals surface area contributed by atoms with E-state index >= 15 is 0 Å². The molecule has 4 nitrogen and oxygen atoms in total. The summed E-state index contributed by atoms with van der Waals surface area (Å²) in [5, 5.41) is 5.01. The van der Waals surface area contributed by atoms with Crippen molar-refractivity contribution in [1.29, 1.82) is 0 Å². The van der Waals surface area contributed by atoms with Crippen molar-refractivity contribution in [2.75, 3.05) is 11.4 Å². The van der Waals surface area contributed by atoms with Crippen molar-refractivity contribution in [3.63, 3.8) is 0 Å². The predicted molar refractivity (Wildman–Crippen MR) is 101 cm³/mol. The molecule has 0 saturated carbocycles. The van der Waals surface area contributed by atoms with Gasteiger partial charge in [0.25, 0.3) is 5.91 Å². The molecule has 3 rings (SSSR count). The molecule has 25 heavy (non-hydrogen) atoms. The van der Waals surface area contributed by atoms with Gasteiger partial charge in [0.05, 0.1) is 18.3 Å². The van der Waals surface area contributed by atoms with Crippen LogP contribution in [-0.4, -0.2) is 22.2 Å². The molecule has 0 bridgehead atoms. The number of amides is 1. The van der Waals surface area contributed by atoms with Crippen LogP contribution in [0, 0.1) is 6.92 Å². The summed E-state index contributed by atoms with van der Waals surface area (Å²) in [6.07, 6.45) is 3.38. The molecule has 0 aliphatic heterocycles. The van der Waals surface area contributed by atoms with E-state index in [9.17, 15) is 4.79 Å². The lowest BCUT2D eigenvalue weighted by atomic mass is 10.1. The van der Waals surface area contributed by atoms with Crippen LogP contribution in [-0.2, 0) is 6.54 Å². The number of halogens is 1. The van der Waals surface area contributed by atoms with Crippen molar-refractivity contribution >= 4 is 23.2 Å². The number of carbonyl (C=O) groups is 1. The highest BCUT2D eigenvalue weighted by Crippen LogP contribution is 2.22. The zero-order valence-corrected chi connectivity index (χ0v) is 15.1. The Morgan fingerprint density at radius 2 is 1.88 bits per heavy atom. The Morgan fingerprint density at radius 3 is 2.60 bits per heavy atom. The van der Waals surface area contributed by atoms with Gasteiger partial charge in [0.15, 0.2) is 0 Å². The highest BCUT2D eigenvalue weighted by Gasteiger charge is 2.19. The van der Waals surface area contributed by atoms with Crippen molar-refractivity contribution in [1.82, 2.24) is 9.78 Å². The molecule has 1 heterocycles. The summed E-state index contributed by atoms with van der Waals surface area (Å²) in [4.78, 5) is 14.7. The van der Waals surface area contributed by atoms with Gasteiger partial charge in [0.2, 0.25) is 0 Å². The molecule has 5 heteroatoms. The van der Waals surface area contributed by atoms with Crippen molar-refractivity contribution in [3.05, 3.63) is 82.6 Å². The first-order valence-electron chi connectivity index (χ1n) is 8.23. The maximum Gasteiger partial charge on any atom is 0.261 e. The van der Waals surface area contributed by atoms with E-state index in [4.69, 9.17) is 11.6 Å². The maximum atomic E-state index is 12.9. The normalized spacial score (nSPS) is 10.7. The lowest BCUT2D eigenvalue weighted by Gasteiger charge is -2.22. The van der Waals surface area contributed by atoms with E-state index in [0.717, 1.165) is 16.8 Å². The molecule has 3 aromatic rings. The second-order valence-electron chi connectivity index (χ2n) is 5.85. The summed E-state index contributed by atoms with van der Waals surface area (Å²) in [6, 6.07) is 15.5. The summed E-state index contributed by atoms with van der Waals surface area (Å²) < 4.78 is 1.74. The molecule has 0 saturated heterocycles. The number of aromatic nitrogens is 2. The van der Waals surface area contributed by atoms with E-state index in [-0.39, 0.29) is 5.91 Å². The Labute approximate surface area is 152 Å². The number of aryl methyl sites for hydroxylation is 1. The molecular formula is C20H20ClN3O. The number of anilines is 1. The number of hydrogen-bond acceptors (Lipinski definition) is 2. The van der Waals surface area contributed by atoms with Gasteiger partial charge < -0.3 is 4.90 Å². The molecule has 0 unspecified atom stereocenters. The Hall–Kier alpha value is -2.59. The summed E-state index contributed by atoms with van der Waals surface area (Å²) >= 11 is 6.20. The summed E-state index contributed by atoms with van der Waals surface area (Å²) in [5.74, 6) is -0.0535. The Morgan fingerprint density at radius 1 is 1.16 bits per heavy atom. The van der Waals surface area contributed by atoms with Crippen molar-refractivity contribution in [2.24, 2.45) is 0 Å². The van der Waals surface area contributed by atoms with Crippen LogP contribution < -0.4 is 4.90 Å². The third-order valence-corrected chi connectivity index (χ3v) is 4.51. The second-order valence-corrected chi connectivity index (χ2v) is 6.26. The van der Waals surface area contributed by atoms with E-state index in [2.05, 4.69) is 5.10 Å². The molecule has 0 fully saturated rings. The van der Waals surface area contributed by atoms with E-state index in [1.165, 1.54) is 0 Å². The third-order valence-electron chi connectivity index (χ3n) is 4.14. The van der Waals surface area contributed by atoms with Gasteiger partial charge in [0.1, 0.15) is 0 Å². The fourth-order valence-corrected chi connectivity index (χ4v) is 3.00. The fraction of sp³-hybridized carbons (Fsp3) is 0.200. The molecule has 1 aromatic heterocycles. The van der Waals surface area contributed by atoms with E-state index in [1.54, 1.807) is 22.0 Å². The minimum Gasteiger partial charge on any atom is -0.308 e. The summed E-state index contributed by atoms with van der Waals surface area (Å²) in [7, 11) is 0. The standard InChI is InChI=1S/C20H20ClN3O/c1-3-24(19-11-7-4-8-15(19)2)20(25)17-12-22-23(14-17)13-16-9-5-6-10-18(16)21/h4-12,14H,3,13H2,1-2H3. The van der Waals surface area contributed by atoms with Crippen LogP contribution in [0.2, 0.25) is 5.02 Å². The van der Waals surface area contributed by atoms with Crippen LogP contribution in [0.1, 0.15) is 28.4 Å². The second kappa shape index (κ2) is 7.53. The van der Waals surface area contributed by atoms with Gasteiger partial charge >= 0.3 is 0 Å². The van der Waals surface area contributed by atoms with Gasteiger partial charge in [-0.1, -0.05) is 48.0 Å². The van der Waals surface area contributed by atoms with Gasteiger partial charge in [-0.15, -0.1) is 0 Å². The third kappa shape index (κ3) is 3.74. The number of hydrogen-bond donors (Lipinski definition) is 0. The minimum atomic E-state index is -0.0535. The van der Waals surface area contributed by atoms with Gasteiger partial charge in [-0.3, -0.25) is 9.48 Å².